The summed E-state index contributed by atoms with van der Waals surface area (Å²) in [5.74, 6) is -8.82. The Morgan fingerprint density at radius 2 is 1.40 bits per heavy atom. The molecular weight excluding hydrogens is 933 g/mol. The third-order valence-corrected chi connectivity index (χ3v) is 15.0. The number of carbonyl (C=O) groups excluding carboxylic acids is 7. The largest absolute Gasteiger partial charge is 0.455 e. The number of rotatable bonds is 19. The Labute approximate surface area is 418 Å². The highest BCUT2D eigenvalue weighted by Crippen LogP contribution is 2.64. The first-order chi connectivity index (χ1) is 34.2. The Morgan fingerprint density at radius 3 is 1.99 bits per heavy atom. The van der Waals surface area contributed by atoms with Gasteiger partial charge in [-0.25, -0.2) is 14.4 Å². The van der Waals surface area contributed by atoms with Gasteiger partial charge in [-0.2, -0.15) is 0 Å². The molecule has 2 bridgehead atoms. The minimum Gasteiger partial charge on any atom is -0.455 e. The first-order valence-corrected chi connectivity index (χ1v) is 24.3. The predicted octanol–water partition coefficient (Wildman–Crippen LogP) is 5.62. The van der Waals surface area contributed by atoms with Crippen LogP contribution in [0.5, 0.6) is 0 Å². The molecule has 386 valence electrons. The topological polar surface area (TPSA) is 234 Å². The highest BCUT2D eigenvalue weighted by atomic mass is 16.6. The van der Waals surface area contributed by atoms with E-state index in [1.54, 1.807) is 92.7 Å². The average molecular weight is 997 g/mol. The Hall–Kier alpha value is -6.11. The Kier molecular flexibility index (Phi) is 16.4. The standard InChI is InChI=1S/C55H64O17/c1-8-24-65-25-26-66-30-43(60)70-45(38(35-18-12-9-13-19-35)27-39(58)36-20-14-10-15-21-36)51(63)69-40-29-55(64)49(71-50(62)37-22-16-11-17-23-37)47-53(7,41(59)28-42-54(47,31-67-42)72-34(4)57)48(61)46(68-33(3)56)44(32(40)2)52(55,5)6/h9-23,38,40-42,45-47,49,59,64H,8,24-31H2,1-7H3/t38-,40-,41-,42+,45+,46+,47-,49-,53+,54-,55+/m0/s1. The fourth-order valence-corrected chi connectivity index (χ4v) is 11.3. The van der Waals surface area contributed by atoms with Crippen LogP contribution in [0.25, 0.3) is 0 Å². The number of benzene rings is 3. The van der Waals surface area contributed by atoms with Crippen LogP contribution in [0.15, 0.2) is 102 Å². The van der Waals surface area contributed by atoms with Gasteiger partial charge < -0.3 is 48.1 Å². The maximum Gasteiger partial charge on any atom is 0.348 e. The number of carbonyl (C=O) groups is 7. The molecule has 72 heavy (non-hydrogen) atoms. The van der Waals surface area contributed by atoms with Crippen molar-refractivity contribution in [2.24, 2.45) is 16.7 Å². The van der Waals surface area contributed by atoms with Crippen molar-refractivity contribution in [3.8, 4) is 0 Å². The van der Waals surface area contributed by atoms with Crippen LogP contribution in [-0.2, 0) is 61.9 Å². The van der Waals surface area contributed by atoms with Crippen molar-refractivity contribution in [1.29, 1.82) is 0 Å². The van der Waals surface area contributed by atoms with Gasteiger partial charge in [-0.15, -0.1) is 0 Å². The van der Waals surface area contributed by atoms with E-state index in [-0.39, 0.29) is 55.2 Å². The number of aliphatic hydroxyl groups excluding tert-OH is 1. The fourth-order valence-electron chi connectivity index (χ4n) is 11.3. The number of fused-ring (bicyclic) bond motifs is 5. The molecule has 0 unspecified atom stereocenters. The Bertz CT molecular complexity index is 2530. The lowest BCUT2D eigenvalue weighted by atomic mass is 9.44. The zero-order chi connectivity index (χ0) is 52.2. The summed E-state index contributed by atoms with van der Waals surface area (Å²) in [4.78, 5) is 99.6. The first-order valence-electron chi connectivity index (χ1n) is 24.3. The van der Waals surface area contributed by atoms with Crippen molar-refractivity contribution >= 4 is 41.4 Å². The Morgan fingerprint density at radius 1 is 0.792 bits per heavy atom. The van der Waals surface area contributed by atoms with Crippen LogP contribution < -0.4 is 0 Å². The van der Waals surface area contributed by atoms with Gasteiger partial charge in [0.05, 0.1) is 42.8 Å². The molecule has 17 nitrogen and oxygen atoms in total. The van der Waals surface area contributed by atoms with Gasteiger partial charge in [-0.3, -0.25) is 19.2 Å². The predicted molar refractivity (Wildman–Crippen MR) is 255 cm³/mol. The van der Waals surface area contributed by atoms with E-state index in [1.165, 1.54) is 26.0 Å². The molecule has 0 spiro atoms. The van der Waals surface area contributed by atoms with Crippen molar-refractivity contribution in [3.63, 3.8) is 0 Å². The third kappa shape index (κ3) is 10.3. The van der Waals surface area contributed by atoms with Crippen molar-refractivity contribution in [2.75, 3.05) is 33.0 Å². The summed E-state index contributed by atoms with van der Waals surface area (Å²) in [7, 11) is 0. The lowest BCUT2D eigenvalue weighted by Crippen LogP contribution is -2.82. The smallest absolute Gasteiger partial charge is 0.348 e. The highest BCUT2D eigenvalue weighted by Gasteiger charge is 2.78. The number of ether oxygens (including phenoxy) is 8. The molecule has 2 saturated carbocycles. The molecule has 2 N–H and O–H groups in total. The van der Waals surface area contributed by atoms with Crippen LogP contribution in [0.4, 0.5) is 0 Å². The van der Waals surface area contributed by atoms with Gasteiger partial charge in [-0.05, 0) is 49.1 Å². The van der Waals surface area contributed by atoms with Gasteiger partial charge in [0.15, 0.2) is 23.3 Å². The molecule has 3 aliphatic carbocycles. The fraction of sp³-hybridized carbons (Fsp3) is 0.509. The van der Waals surface area contributed by atoms with E-state index in [0.717, 1.165) is 20.3 Å². The van der Waals surface area contributed by atoms with Gasteiger partial charge in [0.25, 0.3) is 0 Å². The van der Waals surface area contributed by atoms with E-state index in [9.17, 15) is 34.2 Å². The Balaban J connectivity index is 1.39. The number of Topliss-reactive ketones (excluding diaryl/α,β-unsaturated/α-hetero) is 2. The van der Waals surface area contributed by atoms with Crippen LogP contribution in [0, 0.1) is 16.7 Å². The molecule has 11 atom stereocenters. The van der Waals surface area contributed by atoms with Crippen molar-refractivity contribution in [1.82, 2.24) is 0 Å². The molecule has 1 heterocycles. The number of aliphatic hydroxyl groups is 2. The van der Waals surface area contributed by atoms with Crippen LogP contribution in [-0.4, -0.2) is 132 Å². The molecule has 1 saturated heterocycles. The van der Waals surface area contributed by atoms with E-state index in [2.05, 4.69) is 0 Å². The molecule has 3 fully saturated rings. The lowest BCUT2D eigenvalue weighted by Gasteiger charge is -2.67. The van der Waals surface area contributed by atoms with Gasteiger partial charge in [0, 0.05) is 56.6 Å². The van der Waals surface area contributed by atoms with Crippen molar-refractivity contribution < 1.29 is 81.7 Å². The summed E-state index contributed by atoms with van der Waals surface area (Å²) in [6, 6.07) is 24.6. The van der Waals surface area contributed by atoms with Crippen molar-refractivity contribution in [3.05, 3.63) is 119 Å². The molecule has 3 aromatic rings. The van der Waals surface area contributed by atoms with E-state index >= 15 is 9.59 Å². The first kappa shape index (κ1) is 53.7. The second-order valence-corrected chi connectivity index (χ2v) is 19.8. The molecule has 0 radical (unpaired) electrons. The number of esters is 5. The zero-order valence-corrected chi connectivity index (χ0v) is 41.7. The molecule has 17 heteroatoms. The minimum absolute atomic E-state index is 0.0264. The molecule has 0 aromatic heterocycles. The molecule has 1 aliphatic heterocycles. The lowest BCUT2D eigenvalue weighted by molar-refractivity contribution is -0.346. The van der Waals surface area contributed by atoms with Crippen LogP contribution in [0.2, 0.25) is 0 Å². The molecular formula is C55H64O17. The van der Waals surface area contributed by atoms with E-state index in [1.807, 2.05) is 6.92 Å². The molecule has 3 aromatic carbocycles. The quantitative estimate of drug-likeness (QED) is 0.0488. The van der Waals surface area contributed by atoms with Gasteiger partial charge in [-0.1, -0.05) is 99.6 Å². The average Bonchev–Trinajstić information content (AvgIpc) is 3.35. The molecule has 7 rings (SSSR count). The van der Waals surface area contributed by atoms with E-state index < -0.39 is 119 Å². The van der Waals surface area contributed by atoms with Gasteiger partial charge in [0.2, 0.25) is 6.10 Å². The van der Waals surface area contributed by atoms with Crippen LogP contribution in [0.1, 0.15) is 106 Å². The maximum absolute atomic E-state index is 15.7. The highest BCUT2D eigenvalue weighted by molar-refractivity contribution is 5.98. The number of ketones is 2. The summed E-state index contributed by atoms with van der Waals surface area (Å²) in [5.41, 5.74) is -7.13. The third-order valence-electron chi connectivity index (χ3n) is 15.0. The van der Waals surface area contributed by atoms with Crippen LogP contribution in [0.3, 0.4) is 0 Å². The SMILES string of the molecule is CCCOCCOCC(=O)O[C@@H](C(=O)O[C@H]1C[C@@]2(O)[C@@H](OC(=O)c3ccccc3)[C@@H]3[C@]4(OC(C)=O)CO[C@@H]4C[C@H](O)[C@@]3(C)C(=O)[C@H](OC(C)=O)C(=C1C)C2(C)C)[C@@H](CC(=O)c1ccccc1)c1ccccc1. The monoisotopic (exact) mass is 996 g/mol. The summed E-state index contributed by atoms with van der Waals surface area (Å²) < 4.78 is 47.9. The minimum atomic E-state index is -2.45. The number of hydrogen-bond donors (Lipinski definition) is 2. The summed E-state index contributed by atoms with van der Waals surface area (Å²) in [5, 5.41) is 26.2. The van der Waals surface area contributed by atoms with E-state index in [4.69, 9.17) is 37.9 Å². The number of hydrogen-bond acceptors (Lipinski definition) is 17. The zero-order valence-electron chi connectivity index (χ0n) is 41.7. The van der Waals surface area contributed by atoms with Crippen LogP contribution >= 0.6 is 0 Å². The normalized spacial score (nSPS) is 29.0. The summed E-state index contributed by atoms with van der Waals surface area (Å²) in [6.45, 7) is 9.99. The van der Waals surface area contributed by atoms with E-state index in [0.29, 0.717) is 17.7 Å². The second-order valence-electron chi connectivity index (χ2n) is 19.8. The van der Waals surface area contributed by atoms with Gasteiger partial charge >= 0.3 is 29.8 Å². The van der Waals surface area contributed by atoms with Crippen molar-refractivity contribution in [2.45, 2.75) is 128 Å². The summed E-state index contributed by atoms with van der Waals surface area (Å²) >= 11 is 0. The second kappa shape index (κ2) is 21.9. The summed E-state index contributed by atoms with van der Waals surface area (Å²) in [6.07, 6.45) is -10.2. The van der Waals surface area contributed by atoms with Gasteiger partial charge in [0.1, 0.15) is 30.5 Å². The molecule has 0 amide bonds. The molecule has 4 aliphatic rings. The maximum atomic E-state index is 15.7.